The predicted octanol–water partition coefficient (Wildman–Crippen LogP) is 7.13. The summed E-state index contributed by atoms with van der Waals surface area (Å²) >= 11 is 1.28. The second kappa shape index (κ2) is 10.4. The molecule has 0 aliphatic heterocycles. The zero-order valence-corrected chi connectivity index (χ0v) is 18.0. The number of aromatic nitrogens is 1. The highest BCUT2D eigenvalue weighted by Crippen LogP contribution is 2.28. The van der Waals surface area contributed by atoms with Gasteiger partial charge in [0.05, 0.1) is 11.2 Å². The van der Waals surface area contributed by atoms with E-state index in [2.05, 4.69) is 11.9 Å². The van der Waals surface area contributed by atoms with Crippen molar-refractivity contribution >= 4 is 17.3 Å². The van der Waals surface area contributed by atoms with E-state index in [1.165, 1.54) is 55.0 Å². The molecule has 1 heterocycles. The molecule has 0 unspecified atom stereocenters. The number of hydrogen-bond donors (Lipinski definition) is 0. The van der Waals surface area contributed by atoms with E-state index in [-0.39, 0.29) is 11.6 Å². The van der Waals surface area contributed by atoms with Gasteiger partial charge in [0.1, 0.15) is 10.7 Å². The molecular weight excluding hydrogens is 404 g/mol. The van der Waals surface area contributed by atoms with Crippen molar-refractivity contribution in [1.29, 1.82) is 0 Å². The average Bonchev–Trinajstić information content (AvgIpc) is 3.20. The molecule has 30 heavy (non-hydrogen) atoms. The number of carbonyl (C=O) groups excluding carboxylic acids is 1. The molecule has 6 heteroatoms. The van der Waals surface area contributed by atoms with Gasteiger partial charge < -0.3 is 4.74 Å². The van der Waals surface area contributed by atoms with Crippen LogP contribution in [0.1, 0.15) is 59.3 Å². The van der Waals surface area contributed by atoms with Crippen LogP contribution in [0.4, 0.5) is 8.78 Å². The molecule has 2 aromatic carbocycles. The molecule has 0 fully saturated rings. The minimum absolute atomic E-state index is 0.161. The van der Waals surface area contributed by atoms with Crippen molar-refractivity contribution in [2.75, 3.05) is 0 Å². The summed E-state index contributed by atoms with van der Waals surface area (Å²) in [5.74, 6) is -1.82. The van der Waals surface area contributed by atoms with Crippen molar-refractivity contribution < 1.29 is 18.3 Å². The number of benzene rings is 2. The lowest BCUT2D eigenvalue weighted by atomic mass is 10.0. The molecule has 0 saturated heterocycles. The van der Waals surface area contributed by atoms with E-state index < -0.39 is 11.8 Å². The van der Waals surface area contributed by atoms with E-state index in [4.69, 9.17) is 4.74 Å². The van der Waals surface area contributed by atoms with E-state index in [1.54, 1.807) is 25.1 Å². The average molecular weight is 430 g/mol. The molecule has 158 valence electrons. The van der Waals surface area contributed by atoms with Gasteiger partial charge in [-0.25, -0.2) is 18.6 Å². The normalized spacial score (nSPS) is 10.9. The van der Waals surface area contributed by atoms with Crippen LogP contribution in [0, 0.1) is 18.6 Å². The third-order valence-corrected chi connectivity index (χ3v) is 5.93. The largest absolute Gasteiger partial charge is 0.419 e. The molecule has 0 aliphatic carbocycles. The van der Waals surface area contributed by atoms with Crippen LogP contribution in [0.5, 0.6) is 5.75 Å². The third-order valence-electron chi connectivity index (χ3n) is 4.89. The van der Waals surface area contributed by atoms with Gasteiger partial charge in [0, 0.05) is 0 Å². The maximum Gasteiger partial charge on any atom is 0.355 e. The first-order valence-electron chi connectivity index (χ1n) is 10.2. The second-order valence-electron chi connectivity index (χ2n) is 7.28. The van der Waals surface area contributed by atoms with Crippen LogP contribution in [0.3, 0.4) is 0 Å². The van der Waals surface area contributed by atoms with Crippen LogP contribution in [0.2, 0.25) is 0 Å². The number of esters is 1. The standard InChI is InChI=1S/C24H25F2NO2S/c1-3-4-5-6-7-8-23-27-15-22(30-23)24(28)29-21-12-11-18(14-20(21)26)17-10-9-16(2)19(25)13-17/h9-15H,3-8H2,1-2H3. The monoisotopic (exact) mass is 429 g/mol. The van der Waals surface area contributed by atoms with E-state index in [0.717, 1.165) is 24.3 Å². The minimum atomic E-state index is -0.678. The molecule has 0 atom stereocenters. The zero-order chi connectivity index (χ0) is 21.5. The Labute approximate surface area is 179 Å². The number of nitrogens with zero attached hydrogens (tertiary/aromatic N) is 1. The van der Waals surface area contributed by atoms with Crippen LogP contribution in [0.25, 0.3) is 11.1 Å². The van der Waals surface area contributed by atoms with Crippen LogP contribution >= 0.6 is 11.3 Å². The summed E-state index contributed by atoms with van der Waals surface area (Å²) in [6.07, 6.45) is 8.15. The molecule has 0 bridgehead atoms. The molecule has 3 nitrogen and oxygen atoms in total. The molecule has 0 amide bonds. The van der Waals surface area contributed by atoms with Gasteiger partial charge in [0.15, 0.2) is 11.6 Å². The van der Waals surface area contributed by atoms with Crippen molar-refractivity contribution in [3.05, 3.63) is 69.7 Å². The van der Waals surface area contributed by atoms with Gasteiger partial charge in [-0.3, -0.25) is 0 Å². The van der Waals surface area contributed by atoms with Crippen molar-refractivity contribution in [2.45, 2.75) is 52.4 Å². The molecule has 0 N–H and O–H groups in total. The first kappa shape index (κ1) is 22.1. The van der Waals surface area contributed by atoms with Gasteiger partial charge in [-0.15, -0.1) is 11.3 Å². The molecule has 0 radical (unpaired) electrons. The Bertz CT molecular complexity index is 1020. The van der Waals surface area contributed by atoms with Gasteiger partial charge >= 0.3 is 5.97 Å². The second-order valence-corrected chi connectivity index (χ2v) is 8.40. The highest BCUT2D eigenvalue weighted by Gasteiger charge is 2.16. The number of hydrogen-bond acceptors (Lipinski definition) is 4. The highest BCUT2D eigenvalue weighted by molar-refractivity contribution is 7.13. The number of aryl methyl sites for hydroxylation is 2. The van der Waals surface area contributed by atoms with Crippen LogP contribution in [0.15, 0.2) is 42.6 Å². The fourth-order valence-electron chi connectivity index (χ4n) is 3.09. The maximum absolute atomic E-state index is 14.5. The Hall–Kier alpha value is -2.60. The molecule has 3 rings (SSSR count). The number of halogens is 2. The topological polar surface area (TPSA) is 39.2 Å². The SMILES string of the molecule is CCCCCCCc1ncc(C(=O)Oc2ccc(-c3ccc(C)c(F)c3)cc2F)s1. The summed E-state index contributed by atoms with van der Waals surface area (Å²) in [7, 11) is 0. The van der Waals surface area contributed by atoms with Crippen molar-refractivity contribution in [3.63, 3.8) is 0 Å². The Balaban J connectivity index is 1.62. The van der Waals surface area contributed by atoms with E-state index in [9.17, 15) is 13.6 Å². The first-order valence-corrected chi connectivity index (χ1v) is 11.0. The van der Waals surface area contributed by atoms with E-state index in [0.29, 0.717) is 21.6 Å². The zero-order valence-electron chi connectivity index (χ0n) is 17.2. The predicted molar refractivity (Wildman–Crippen MR) is 116 cm³/mol. The smallest absolute Gasteiger partial charge is 0.355 e. The van der Waals surface area contributed by atoms with Gasteiger partial charge in [-0.2, -0.15) is 0 Å². The molecule has 3 aromatic rings. The Morgan fingerprint density at radius 2 is 1.70 bits per heavy atom. The number of rotatable bonds is 9. The summed E-state index contributed by atoms with van der Waals surface area (Å²) in [5, 5.41) is 0.885. The quantitative estimate of drug-likeness (QED) is 0.206. The van der Waals surface area contributed by atoms with Gasteiger partial charge in [0.25, 0.3) is 0 Å². The number of carbonyl (C=O) groups is 1. The van der Waals surface area contributed by atoms with Crippen LogP contribution in [-0.4, -0.2) is 11.0 Å². The van der Waals surface area contributed by atoms with Crippen molar-refractivity contribution in [2.24, 2.45) is 0 Å². The summed E-state index contributed by atoms with van der Waals surface area (Å²) in [4.78, 5) is 17.0. The highest BCUT2D eigenvalue weighted by atomic mass is 32.1. The summed E-state index contributed by atoms with van der Waals surface area (Å²) < 4.78 is 33.5. The summed E-state index contributed by atoms with van der Waals surface area (Å²) in [6.45, 7) is 3.84. The minimum Gasteiger partial charge on any atom is -0.419 e. The van der Waals surface area contributed by atoms with Crippen molar-refractivity contribution in [1.82, 2.24) is 4.98 Å². The lowest BCUT2D eigenvalue weighted by Crippen LogP contribution is -2.07. The van der Waals surface area contributed by atoms with Gasteiger partial charge in [-0.05, 0) is 54.7 Å². The maximum atomic E-state index is 14.5. The Morgan fingerprint density at radius 3 is 2.40 bits per heavy atom. The number of thiazole rings is 1. The lowest BCUT2D eigenvalue weighted by Gasteiger charge is -2.07. The molecule has 0 saturated carbocycles. The lowest BCUT2D eigenvalue weighted by molar-refractivity contribution is 0.0732. The van der Waals surface area contributed by atoms with Gasteiger partial charge in [0.2, 0.25) is 0 Å². The molecule has 0 spiro atoms. The third kappa shape index (κ3) is 5.72. The fourth-order valence-corrected chi connectivity index (χ4v) is 3.92. The Kier molecular flexibility index (Phi) is 7.69. The van der Waals surface area contributed by atoms with E-state index >= 15 is 0 Å². The first-order chi connectivity index (χ1) is 14.5. The molecular formula is C24H25F2NO2S. The summed E-state index contributed by atoms with van der Waals surface area (Å²) in [5.41, 5.74) is 1.59. The van der Waals surface area contributed by atoms with Crippen LogP contribution in [-0.2, 0) is 6.42 Å². The van der Waals surface area contributed by atoms with Crippen molar-refractivity contribution in [3.8, 4) is 16.9 Å². The summed E-state index contributed by atoms with van der Waals surface area (Å²) in [6, 6.07) is 8.94. The van der Waals surface area contributed by atoms with E-state index in [1.807, 2.05) is 0 Å². The Morgan fingerprint density at radius 1 is 1.00 bits per heavy atom. The fraction of sp³-hybridized carbons (Fsp3) is 0.333. The van der Waals surface area contributed by atoms with Gasteiger partial charge in [-0.1, -0.05) is 50.8 Å². The number of unbranched alkanes of at least 4 members (excludes halogenated alkanes) is 4. The number of ether oxygens (including phenoxy) is 1. The molecule has 1 aromatic heterocycles. The molecule has 0 aliphatic rings. The van der Waals surface area contributed by atoms with Crippen LogP contribution < -0.4 is 4.74 Å².